The Balaban J connectivity index is 2.67. The van der Waals surface area contributed by atoms with Gasteiger partial charge >= 0.3 is 0 Å². The molecular weight excluding hydrogens is 240 g/mol. The molecule has 0 bridgehead atoms. The van der Waals surface area contributed by atoms with Crippen LogP contribution >= 0.6 is 0 Å². The SMILES string of the molecule is CN(CC(C)(C)O)C(=O)Cc1ccc(F)c(F)c1. The van der Waals surface area contributed by atoms with Crippen molar-refractivity contribution in [2.24, 2.45) is 0 Å². The number of halogens is 2. The summed E-state index contributed by atoms with van der Waals surface area (Å²) in [6, 6.07) is 3.37. The lowest BCUT2D eigenvalue weighted by Crippen LogP contribution is -2.40. The van der Waals surface area contributed by atoms with Crippen molar-refractivity contribution in [2.45, 2.75) is 25.9 Å². The highest BCUT2D eigenvalue weighted by molar-refractivity contribution is 5.78. The fourth-order valence-corrected chi connectivity index (χ4v) is 1.63. The second-order valence-corrected chi connectivity index (χ2v) is 4.99. The van der Waals surface area contributed by atoms with Gasteiger partial charge in [-0.05, 0) is 31.5 Å². The standard InChI is InChI=1S/C13H17F2NO2/c1-13(2,18)8-16(3)12(17)7-9-4-5-10(14)11(15)6-9/h4-6,18H,7-8H2,1-3H3. The predicted octanol–water partition coefficient (Wildman–Crippen LogP) is 1.74. The third kappa shape index (κ3) is 4.41. The van der Waals surface area contributed by atoms with Gasteiger partial charge in [0.25, 0.3) is 0 Å². The third-order valence-corrected chi connectivity index (χ3v) is 2.39. The van der Waals surface area contributed by atoms with Crippen molar-refractivity contribution in [3.63, 3.8) is 0 Å². The maximum absolute atomic E-state index is 13.0. The summed E-state index contributed by atoms with van der Waals surface area (Å²) in [7, 11) is 1.56. The van der Waals surface area contributed by atoms with Crippen molar-refractivity contribution >= 4 is 5.91 Å². The number of amides is 1. The first-order valence-electron chi connectivity index (χ1n) is 5.59. The van der Waals surface area contributed by atoms with E-state index in [0.717, 1.165) is 12.1 Å². The summed E-state index contributed by atoms with van der Waals surface area (Å²) in [5, 5.41) is 9.58. The molecule has 0 spiro atoms. The average Bonchev–Trinajstić information content (AvgIpc) is 2.21. The van der Waals surface area contributed by atoms with Crippen molar-refractivity contribution in [3.8, 4) is 0 Å². The number of benzene rings is 1. The Bertz CT molecular complexity index is 441. The van der Waals surface area contributed by atoms with Gasteiger partial charge in [0, 0.05) is 13.6 Å². The van der Waals surface area contributed by atoms with Gasteiger partial charge in [0.1, 0.15) is 0 Å². The molecule has 1 amide bonds. The Morgan fingerprint density at radius 2 is 1.94 bits per heavy atom. The maximum atomic E-state index is 13.0. The van der Waals surface area contributed by atoms with Crippen LogP contribution in [0.3, 0.4) is 0 Å². The zero-order valence-corrected chi connectivity index (χ0v) is 10.7. The molecule has 1 aromatic rings. The van der Waals surface area contributed by atoms with Crippen LogP contribution in [0.4, 0.5) is 8.78 Å². The Labute approximate surface area is 105 Å². The van der Waals surface area contributed by atoms with Gasteiger partial charge in [0.2, 0.25) is 5.91 Å². The van der Waals surface area contributed by atoms with E-state index in [1.165, 1.54) is 11.0 Å². The lowest BCUT2D eigenvalue weighted by molar-refractivity contribution is -0.131. The first-order valence-corrected chi connectivity index (χ1v) is 5.59. The van der Waals surface area contributed by atoms with Crippen molar-refractivity contribution in [1.29, 1.82) is 0 Å². The molecule has 1 aromatic carbocycles. The highest BCUT2D eigenvalue weighted by Gasteiger charge is 2.19. The normalized spacial score (nSPS) is 11.4. The molecule has 0 heterocycles. The zero-order chi connectivity index (χ0) is 13.9. The van der Waals surface area contributed by atoms with Gasteiger partial charge in [0.15, 0.2) is 11.6 Å². The summed E-state index contributed by atoms with van der Waals surface area (Å²) in [4.78, 5) is 13.1. The van der Waals surface area contributed by atoms with Gasteiger partial charge in [-0.2, -0.15) is 0 Å². The highest BCUT2D eigenvalue weighted by Crippen LogP contribution is 2.11. The van der Waals surface area contributed by atoms with Gasteiger partial charge in [-0.3, -0.25) is 4.79 Å². The molecule has 0 atom stereocenters. The molecule has 0 fully saturated rings. The molecule has 0 unspecified atom stereocenters. The minimum absolute atomic E-state index is 0.0240. The topological polar surface area (TPSA) is 40.5 Å². The van der Waals surface area contributed by atoms with Crippen molar-refractivity contribution < 1.29 is 18.7 Å². The fourth-order valence-electron chi connectivity index (χ4n) is 1.63. The molecule has 0 aliphatic carbocycles. The number of rotatable bonds is 4. The molecule has 0 aliphatic heterocycles. The second kappa shape index (κ2) is 5.44. The van der Waals surface area contributed by atoms with Crippen LogP contribution in [0.1, 0.15) is 19.4 Å². The molecule has 100 valence electrons. The van der Waals surface area contributed by atoms with Gasteiger partial charge in [-0.25, -0.2) is 8.78 Å². The number of hydrogen-bond donors (Lipinski definition) is 1. The largest absolute Gasteiger partial charge is 0.389 e. The van der Waals surface area contributed by atoms with Crippen LogP contribution in [-0.4, -0.2) is 35.1 Å². The van der Waals surface area contributed by atoms with E-state index in [2.05, 4.69) is 0 Å². The number of likely N-dealkylation sites (N-methyl/N-ethyl adjacent to an activating group) is 1. The van der Waals surface area contributed by atoms with E-state index in [9.17, 15) is 18.7 Å². The van der Waals surface area contributed by atoms with E-state index < -0.39 is 17.2 Å². The van der Waals surface area contributed by atoms with Crippen LogP contribution in [0.2, 0.25) is 0 Å². The molecule has 0 saturated carbocycles. The monoisotopic (exact) mass is 257 g/mol. The van der Waals surface area contributed by atoms with Crippen molar-refractivity contribution in [1.82, 2.24) is 4.90 Å². The highest BCUT2D eigenvalue weighted by atomic mass is 19.2. The van der Waals surface area contributed by atoms with Crippen LogP contribution in [0, 0.1) is 11.6 Å². The first kappa shape index (κ1) is 14.6. The predicted molar refractivity (Wildman–Crippen MR) is 64.0 cm³/mol. The molecule has 3 nitrogen and oxygen atoms in total. The molecular formula is C13H17F2NO2. The molecule has 18 heavy (non-hydrogen) atoms. The number of carbonyl (C=O) groups is 1. The fraction of sp³-hybridized carbons (Fsp3) is 0.462. The Morgan fingerprint density at radius 3 is 2.44 bits per heavy atom. The molecule has 1 rings (SSSR count). The molecule has 0 aromatic heterocycles. The molecule has 0 saturated heterocycles. The summed E-state index contributed by atoms with van der Waals surface area (Å²) in [5.74, 6) is -2.16. The zero-order valence-electron chi connectivity index (χ0n) is 10.7. The lowest BCUT2D eigenvalue weighted by Gasteiger charge is -2.25. The Morgan fingerprint density at radius 1 is 1.33 bits per heavy atom. The Hall–Kier alpha value is -1.49. The average molecular weight is 257 g/mol. The van der Waals surface area contributed by atoms with E-state index in [4.69, 9.17) is 0 Å². The van der Waals surface area contributed by atoms with E-state index >= 15 is 0 Å². The van der Waals surface area contributed by atoms with Crippen LogP contribution in [0.5, 0.6) is 0 Å². The van der Waals surface area contributed by atoms with Crippen LogP contribution in [0.15, 0.2) is 18.2 Å². The summed E-state index contributed by atoms with van der Waals surface area (Å²) in [6.45, 7) is 3.36. The van der Waals surface area contributed by atoms with Crippen molar-refractivity contribution in [3.05, 3.63) is 35.4 Å². The molecule has 5 heteroatoms. The smallest absolute Gasteiger partial charge is 0.226 e. The minimum Gasteiger partial charge on any atom is -0.389 e. The first-order chi connectivity index (χ1) is 8.19. The van der Waals surface area contributed by atoms with Gasteiger partial charge in [0.05, 0.1) is 12.0 Å². The van der Waals surface area contributed by atoms with E-state index in [-0.39, 0.29) is 18.9 Å². The van der Waals surface area contributed by atoms with Gasteiger partial charge < -0.3 is 10.0 Å². The number of nitrogens with zero attached hydrogens (tertiary/aromatic N) is 1. The van der Waals surface area contributed by atoms with E-state index in [0.29, 0.717) is 5.56 Å². The molecule has 0 aliphatic rings. The van der Waals surface area contributed by atoms with E-state index in [1.54, 1.807) is 20.9 Å². The number of carbonyl (C=O) groups excluding carboxylic acids is 1. The van der Waals surface area contributed by atoms with Crippen LogP contribution in [-0.2, 0) is 11.2 Å². The summed E-state index contributed by atoms with van der Waals surface area (Å²) in [5.41, 5.74) is -0.583. The van der Waals surface area contributed by atoms with Crippen molar-refractivity contribution in [2.75, 3.05) is 13.6 Å². The van der Waals surface area contributed by atoms with Crippen LogP contribution < -0.4 is 0 Å². The minimum atomic E-state index is -0.988. The number of aliphatic hydroxyl groups is 1. The lowest BCUT2D eigenvalue weighted by atomic mass is 10.1. The number of hydrogen-bond acceptors (Lipinski definition) is 2. The van der Waals surface area contributed by atoms with Gasteiger partial charge in [-0.15, -0.1) is 0 Å². The summed E-state index contributed by atoms with van der Waals surface area (Å²) in [6.07, 6.45) is -0.0240. The Kier molecular flexibility index (Phi) is 4.40. The molecule has 0 radical (unpaired) electrons. The maximum Gasteiger partial charge on any atom is 0.226 e. The van der Waals surface area contributed by atoms with Gasteiger partial charge in [-0.1, -0.05) is 6.07 Å². The van der Waals surface area contributed by atoms with E-state index in [1.807, 2.05) is 0 Å². The second-order valence-electron chi connectivity index (χ2n) is 4.99. The summed E-state index contributed by atoms with van der Waals surface area (Å²) >= 11 is 0. The molecule has 1 N–H and O–H groups in total. The third-order valence-electron chi connectivity index (χ3n) is 2.39. The summed E-state index contributed by atoms with van der Waals surface area (Å²) < 4.78 is 25.7. The van der Waals surface area contributed by atoms with Crippen LogP contribution in [0.25, 0.3) is 0 Å². The quantitative estimate of drug-likeness (QED) is 0.892.